The van der Waals surface area contributed by atoms with E-state index in [1.54, 1.807) is 0 Å². The summed E-state index contributed by atoms with van der Waals surface area (Å²) < 4.78 is 7.84. The monoisotopic (exact) mass is 273 g/mol. The van der Waals surface area contributed by atoms with Crippen molar-refractivity contribution in [2.75, 3.05) is 18.5 Å². The zero-order chi connectivity index (χ0) is 14.4. The number of nitrogens with zero attached hydrogens (tertiary/aromatic N) is 2. The lowest BCUT2D eigenvalue weighted by molar-refractivity contribution is 0.332. The first-order chi connectivity index (χ1) is 9.65. The van der Waals surface area contributed by atoms with E-state index in [0.717, 1.165) is 24.8 Å². The Morgan fingerprint density at radius 1 is 1.35 bits per heavy atom. The molecule has 0 saturated carbocycles. The van der Waals surface area contributed by atoms with Gasteiger partial charge < -0.3 is 14.6 Å². The Labute approximate surface area is 120 Å². The van der Waals surface area contributed by atoms with E-state index >= 15 is 0 Å². The van der Waals surface area contributed by atoms with Gasteiger partial charge in [0.2, 0.25) is 5.95 Å². The van der Waals surface area contributed by atoms with Crippen LogP contribution >= 0.6 is 0 Å². The summed E-state index contributed by atoms with van der Waals surface area (Å²) in [5.74, 6) is 2.43. The van der Waals surface area contributed by atoms with Crippen molar-refractivity contribution in [1.29, 1.82) is 0 Å². The van der Waals surface area contributed by atoms with Crippen LogP contribution in [0.2, 0.25) is 0 Å². The van der Waals surface area contributed by atoms with Crippen LogP contribution in [-0.2, 0) is 6.54 Å². The van der Waals surface area contributed by atoms with E-state index in [2.05, 4.69) is 41.7 Å². The molecule has 1 aromatic carbocycles. The quantitative estimate of drug-likeness (QED) is 0.786. The summed E-state index contributed by atoms with van der Waals surface area (Å²) in [5, 5.41) is 3.31. The van der Waals surface area contributed by atoms with Gasteiger partial charge in [-0.1, -0.05) is 26.0 Å². The zero-order valence-electron chi connectivity index (χ0n) is 12.5. The molecule has 0 amide bonds. The van der Waals surface area contributed by atoms with E-state index in [-0.39, 0.29) is 0 Å². The Balaban J connectivity index is 1.77. The lowest BCUT2D eigenvalue weighted by Gasteiger charge is -2.12. The van der Waals surface area contributed by atoms with Crippen LogP contribution in [0.5, 0.6) is 5.75 Å². The van der Waals surface area contributed by atoms with Crippen molar-refractivity contribution in [2.24, 2.45) is 5.92 Å². The molecule has 20 heavy (non-hydrogen) atoms. The van der Waals surface area contributed by atoms with Crippen LogP contribution in [0.25, 0.3) is 0 Å². The Morgan fingerprint density at radius 2 is 2.20 bits per heavy atom. The van der Waals surface area contributed by atoms with Crippen LogP contribution in [0, 0.1) is 12.8 Å². The fourth-order valence-corrected chi connectivity index (χ4v) is 2.05. The van der Waals surface area contributed by atoms with Gasteiger partial charge in [-0.2, -0.15) is 0 Å². The molecule has 0 atom stereocenters. The normalized spacial score (nSPS) is 10.8. The van der Waals surface area contributed by atoms with Crippen molar-refractivity contribution in [3.05, 3.63) is 42.2 Å². The first kappa shape index (κ1) is 14.4. The van der Waals surface area contributed by atoms with Gasteiger partial charge in [0.05, 0.1) is 6.54 Å². The van der Waals surface area contributed by atoms with E-state index < -0.39 is 0 Å². The van der Waals surface area contributed by atoms with E-state index in [9.17, 15) is 0 Å². The molecule has 0 fully saturated rings. The number of aromatic nitrogens is 2. The molecule has 1 aromatic heterocycles. The fraction of sp³-hybridized carbons (Fsp3) is 0.438. The van der Waals surface area contributed by atoms with Crippen molar-refractivity contribution in [2.45, 2.75) is 27.3 Å². The minimum Gasteiger partial charge on any atom is -0.492 e. The lowest BCUT2D eigenvalue weighted by Crippen LogP contribution is -2.16. The highest BCUT2D eigenvalue weighted by atomic mass is 16.5. The molecule has 2 aromatic rings. The molecule has 4 nitrogen and oxygen atoms in total. The van der Waals surface area contributed by atoms with Crippen LogP contribution < -0.4 is 10.1 Å². The van der Waals surface area contributed by atoms with E-state index in [1.807, 2.05) is 30.6 Å². The Morgan fingerprint density at radius 3 is 2.95 bits per heavy atom. The third-order valence-corrected chi connectivity index (χ3v) is 2.92. The van der Waals surface area contributed by atoms with Crippen LogP contribution in [-0.4, -0.2) is 22.7 Å². The number of nitrogens with one attached hydrogen (secondary N) is 1. The molecule has 1 heterocycles. The molecule has 4 heteroatoms. The second-order valence-corrected chi connectivity index (χ2v) is 5.39. The summed E-state index contributed by atoms with van der Waals surface area (Å²) in [4.78, 5) is 4.32. The highest BCUT2D eigenvalue weighted by molar-refractivity contribution is 5.28. The number of rotatable bonds is 7. The maximum absolute atomic E-state index is 5.71. The van der Waals surface area contributed by atoms with Gasteiger partial charge in [-0.05, 0) is 30.5 Å². The lowest BCUT2D eigenvalue weighted by atomic mass is 10.2. The van der Waals surface area contributed by atoms with Gasteiger partial charge in [-0.25, -0.2) is 4.98 Å². The smallest absolute Gasteiger partial charge is 0.202 e. The highest BCUT2D eigenvalue weighted by Crippen LogP contribution is 2.12. The number of imidazole rings is 1. The first-order valence-electron chi connectivity index (χ1n) is 7.09. The average Bonchev–Trinajstić information content (AvgIpc) is 2.81. The molecule has 108 valence electrons. The number of ether oxygens (including phenoxy) is 1. The molecular weight excluding hydrogens is 250 g/mol. The number of hydrogen-bond donors (Lipinski definition) is 1. The standard InChI is InChI=1S/C16H23N3O/c1-13(2)12-19-9-7-17-16(19)18-8-10-20-15-6-4-5-14(3)11-15/h4-7,9,11,13H,8,10,12H2,1-3H3,(H,17,18). The van der Waals surface area contributed by atoms with Crippen LogP contribution in [0.15, 0.2) is 36.7 Å². The Kier molecular flexibility index (Phi) is 5.04. The molecule has 0 saturated heterocycles. The van der Waals surface area contributed by atoms with Gasteiger partial charge in [0.1, 0.15) is 12.4 Å². The van der Waals surface area contributed by atoms with Crippen LogP contribution in [0.3, 0.4) is 0 Å². The van der Waals surface area contributed by atoms with E-state index in [0.29, 0.717) is 12.5 Å². The number of benzene rings is 1. The summed E-state index contributed by atoms with van der Waals surface area (Å²) in [6.45, 7) is 8.80. The van der Waals surface area contributed by atoms with Gasteiger partial charge in [0, 0.05) is 18.9 Å². The number of anilines is 1. The van der Waals surface area contributed by atoms with E-state index in [1.165, 1.54) is 5.56 Å². The molecule has 0 aliphatic heterocycles. The minimum atomic E-state index is 0.605. The summed E-state index contributed by atoms with van der Waals surface area (Å²) in [6.07, 6.45) is 3.83. The predicted octanol–water partition coefficient (Wildman–Crippen LogP) is 3.34. The van der Waals surface area contributed by atoms with Gasteiger partial charge in [0.15, 0.2) is 0 Å². The van der Waals surface area contributed by atoms with Crippen molar-refractivity contribution in [3.63, 3.8) is 0 Å². The van der Waals surface area contributed by atoms with Crippen molar-refractivity contribution in [1.82, 2.24) is 9.55 Å². The van der Waals surface area contributed by atoms with Crippen molar-refractivity contribution < 1.29 is 4.74 Å². The molecule has 0 aliphatic carbocycles. The van der Waals surface area contributed by atoms with Crippen LogP contribution in [0.1, 0.15) is 19.4 Å². The average molecular weight is 273 g/mol. The van der Waals surface area contributed by atoms with Gasteiger partial charge in [-0.15, -0.1) is 0 Å². The van der Waals surface area contributed by atoms with Gasteiger partial charge in [-0.3, -0.25) is 0 Å². The third kappa shape index (κ3) is 4.30. The molecule has 0 bridgehead atoms. The van der Waals surface area contributed by atoms with Gasteiger partial charge in [0.25, 0.3) is 0 Å². The molecule has 0 unspecified atom stereocenters. The summed E-state index contributed by atoms with van der Waals surface area (Å²) in [5.41, 5.74) is 1.21. The van der Waals surface area contributed by atoms with Crippen molar-refractivity contribution >= 4 is 5.95 Å². The van der Waals surface area contributed by atoms with Gasteiger partial charge >= 0.3 is 0 Å². The topological polar surface area (TPSA) is 39.1 Å². The number of hydrogen-bond acceptors (Lipinski definition) is 3. The highest BCUT2D eigenvalue weighted by Gasteiger charge is 2.03. The van der Waals surface area contributed by atoms with Crippen molar-refractivity contribution in [3.8, 4) is 5.75 Å². The molecular formula is C16H23N3O. The largest absolute Gasteiger partial charge is 0.492 e. The second kappa shape index (κ2) is 6.98. The maximum atomic E-state index is 5.71. The first-order valence-corrected chi connectivity index (χ1v) is 7.09. The fourth-order valence-electron chi connectivity index (χ4n) is 2.05. The Hall–Kier alpha value is -1.97. The maximum Gasteiger partial charge on any atom is 0.202 e. The van der Waals surface area contributed by atoms with E-state index in [4.69, 9.17) is 4.74 Å². The zero-order valence-corrected chi connectivity index (χ0v) is 12.5. The SMILES string of the molecule is Cc1cccc(OCCNc2nccn2CC(C)C)c1. The summed E-state index contributed by atoms with van der Waals surface area (Å²) >= 11 is 0. The second-order valence-electron chi connectivity index (χ2n) is 5.39. The third-order valence-electron chi connectivity index (χ3n) is 2.92. The molecule has 0 radical (unpaired) electrons. The molecule has 0 aliphatic rings. The Bertz CT molecular complexity index is 534. The minimum absolute atomic E-state index is 0.605. The van der Waals surface area contributed by atoms with Crippen LogP contribution in [0.4, 0.5) is 5.95 Å². The number of aryl methyl sites for hydroxylation is 1. The molecule has 1 N–H and O–H groups in total. The molecule has 0 spiro atoms. The predicted molar refractivity (Wildman–Crippen MR) is 82.2 cm³/mol. The molecule has 2 rings (SSSR count). The summed E-state index contributed by atoms with van der Waals surface area (Å²) in [6, 6.07) is 8.09. The summed E-state index contributed by atoms with van der Waals surface area (Å²) in [7, 11) is 0.